The minimum atomic E-state index is -0.127. The first-order valence-corrected chi connectivity index (χ1v) is 17.0. The van der Waals surface area contributed by atoms with Gasteiger partial charge in [-0.15, -0.1) is 0 Å². The van der Waals surface area contributed by atoms with Crippen LogP contribution in [0.2, 0.25) is 0 Å². The van der Waals surface area contributed by atoms with Gasteiger partial charge >= 0.3 is 0 Å². The Morgan fingerprint density at radius 3 is 1.98 bits per heavy atom. The molecule has 4 heteroatoms. The topological polar surface area (TPSA) is 51.8 Å². The van der Waals surface area contributed by atoms with Crippen LogP contribution in [0, 0.1) is 0 Å². The van der Waals surface area contributed by atoms with Gasteiger partial charge in [-0.05, 0) is 68.4 Å². The molecule has 1 aliphatic rings. The summed E-state index contributed by atoms with van der Waals surface area (Å²) in [6, 6.07) is 53.1. The first kappa shape index (κ1) is 28.6. The third kappa shape index (κ3) is 4.35. The smallest absolute Gasteiger partial charge is 0.164 e. The van der Waals surface area contributed by atoms with Gasteiger partial charge in [-0.1, -0.05) is 141 Å². The molecule has 0 unspecified atom stereocenters. The average Bonchev–Trinajstić information content (AvgIpc) is 3.66. The van der Waals surface area contributed by atoms with E-state index < -0.39 is 0 Å². The molecule has 0 atom stereocenters. The van der Waals surface area contributed by atoms with Crippen LogP contribution in [0.15, 0.2) is 156 Å². The zero-order valence-electron chi connectivity index (χ0n) is 27.7. The third-order valence-corrected chi connectivity index (χ3v) is 10.3. The number of fused-ring (bicyclic) bond motifs is 7. The summed E-state index contributed by atoms with van der Waals surface area (Å²) in [7, 11) is 0. The molecule has 4 nitrogen and oxygen atoms in total. The van der Waals surface area contributed by atoms with Gasteiger partial charge in [-0.2, -0.15) is 0 Å². The van der Waals surface area contributed by atoms with E-state index in [1.54, 1.807) is 0 Å². The molecule has 0 amide bonds. The number of furan rings is 1. The molecule has 0 radical (unpaired) electrons. The summed E-state index contributed by atoms with van der Waals surface area (Å²) < 4.78 is 6.55. The summed E-state index contributed by atoms with van der Waals surface area (Å²) in [4.78, 5) is 15.4. The van der Waals surface area contributed by atoms with Gasteiger partial charge < -0.3 is 4.42 Å². The predicted molar refractivity (Wildman–Crippen MR) is 204 cm³/mol. The standard InChI is InChI=1S/C46H31N3O/c1-46(2)37-19-9-8-16-34(37)41-36(18-10-20-38(41)46)45-48-43(29-13-4-3-5-14-29)47-44(49-45)32-24-25-35-40(27-32)50-39-21-11-17-33(42(35)39)31-23-22-28-12-6-7-15-30(28)26-31/h3-27H,1-2H3. The molecule has 10 rings (SSSR count). The monoisotopic (exact) mass is 641 g/mol. The highest BCUT2D eigenvalue weighted by atomic mass is 16.3. The van der Waals surface area contributed by atoms with Gasteiger partial charge in [0.2, 0.25) is 0 Å². The van der Waals surface area contributed by atoms with E-state index >= 15 is 0 Å². The molecule has 7 aromatic carbocycles. The second kappa shape index (κ2) is 10.8. The molecule has 0 fully saturated rings. The Hall–Kier alpha value is -6.39. The van der Waals surface area contributed by atoms with Crippen molar-refractivity contribution in [2.75, 3.05) is 0 Å². The highest BCUT2D eigenvalue weighted by Gasteiger charge is 2.37. The van der Waals surface area contributed by atoms with E-state index in [0.717, 1.165) is 49.8 Å². The van der Waals surface area contributed by atoms with E-state index in [2.05, 4.69) is 129 Å². The quantitative estimate of drug-likeness (QED) is 0.192. The number of aromatic nitrogens is 3. The lowest BCUT2D eigenvalue weighted by Gasteiger charge is -2.21. The number of hydrogen-bond acceptors (Lipinski definition) is 4. The van der Waals surface area contributed by atoms with E-state index in [4.69, 9.17) is 19.4 Å². The Morgan fingerprint density at radius 1 is 0.440 bits per heavy atom. The second-order valence-corrected chi connectivity index (χ2v) is 13.6. The first-order valence-electron chi connectivity index (χ1n) is 17.0. The largest absolute Gasteiger partial charge is 0.456 e. The Bertz CT molecular complexity index is 2790. The van der Waals surface area contributed by atoms with Crippen LogP contribution >= 0.6 is 0 Å². The van der Waals surface area contributed by atoms with Crippen LogP contribution < -0.4 is 0 Å². The molecule has 50 heavy (non-hydrogen) atoms. The van der Waals surface area contributed by atoms with E-state index in [0.29, 0.717) is 17.5 Å². The Labute approximate surface area is 289 Å². The number of hydrogen-bond donors (Lipinski definition) is 0. The van der Waals surface area contributed by atoms with Crippen LogP contribution in [0.25, 0.3) is 89.1 Å². The zero-order chi connectivity index (χ0) is 33.4. The normalized spacial score (nSPS) is 13.2. The molecular weight excluding hydrogens is 611 g/mol. The van der Waals surface area contributed by atoms with E-state index in [-0.39, 0.29) is 5.41 Å². The molecule has 236 valence electrons. The molecular formula is C46H31N3O. The fourth-order valence-corrected chi connectivity index (χ4v) is 7.84. The van der Waals surface area contributed by atoms with E-state index in [1.165, 1.54) is 33.0 Å². The Kier molecular flexibility index (Phi) is 6.19. The van der Waals surface area contributed by atoms with Crippen molar-refractivity contribution in [1.29, 1.82) is 0 Å². The van der Waals surface area contributed by atoms with Crippen LogP contribution in [-0.2, 0) is 5.41 Å². The molecule has 2 aromatic heterocycles. The number of benzene rings is 7. The molecule has 0 spiro atoms. The molecule has 0 saturated heterocycles. The SMILES string of the molecule is CC1(C)c2ccccc2-c2c(-c3nc(-c4ccccc4)nc(-c4ccc5c(c4)oc4cccc(-c6ccc7ccccc7c6)c45)n3)cccc21. The van der Waals surface area contributed by atoms with Crippen LogP contribution in [-0.4, -0.2) is 15.0 Å². The highest BCUT2D eigenvalue weighted by molar-refractivity contribution is 6.13. The summed E-state index contributed by atoms with van der Waals surface area (Å²) in [5, 5.41) is 4.61. The summed E-state index contributed by atoms with van der Waals surface area (Å²) in [5.41, 5.74) is 11.7. The minimum absolute atomic E-state index is 0.127. The highest BCUT2D eigenvalue weighted by Crippen LogP contribution is 2.51. The van der Waals surface area contributed by atoms with Crippen molar-refractivity contribution in [3.8, 4) is 56.4 Å². The minimum Gasteiger partial charge on any atom is -0.456 e. The van der Waals surface area contributed by atoms with Gasteiger partial charge in [0.15, 0.2) is 17.5 Å². The van der Waals surface area contributed by atoms with Crippen molar-refractivity contribution in [2.24, 2.45) is 0 Å². The maximum Gasteiger partial charge on any atom is 0.164 e. The first-order chi connectivity index (χ1) is 24.5. The molecule has 0 saturated carbocycles. The predicted octanol–water partition coefficient (Wildman–Crippen LogP) is 11.9. The van der Waals surface area contributed by atoms with Crippen molar-refractivity contribution in [3.05, 3.63) is 163 Å². The van der Waals surface area contributed by atoms with Crippen LogP contribution in [0.4, 0.5) is 0 Å². The van der Waals surface area contributed by atoms with Crippen LogP contribution in [0.3, 0.4) is 0 Å². The number of rotatable bonds is 4. The summed E-state index contributed by atoms with van der Waals surface area (Å²) >= 11 is 0. The molecule has 0 aliphatic heterocycles. The summed E-state index contributed by atoms with van der Waals surface area (Å²) in [6.45, 7) is 4.59. The van der Waals surface area contributed by atoms with Crippen molar-refractivity contribution >= 4 is 32.7 Å². The van der Waals surface area contributed by atoms with Gasteiger partial charge in [-0.3, -0.25) is 0 Å². The fourth-order valence-electron chi connectivity index (χ4n) is 7.84. The maximum atomic E-state index is 6.55. The fraction of sp³-hybridized carbons (Fsp3) is 0.0652. The molecule has 0 bridgehead atoms. The molecule has 2 heterocycles. The Morgan fingerprint density at radius 2 is 1.10 bits per heavy atom. The number of nitrogens with zero attached hydrogens (tertiary/aromatic N) is 3. The lowest BCUT2D eigenvalue weighted by atomic mass is 9.82. The second-order valence-electron chi connectivity index (χ2n) is 13.6. The van der Waals surface area contributed by atoms with Crippen molar-refractivity contribution in [3.63, 3.8) is 0 Å². The van der Waals surface area contributed by atoms with Crippen LogP contribution in [0.5, 0.6) is 0 Å². The van der Waals surface area contributed by atoms with Crippen LogP contribution in [0.1, 0.15) is 25.0 Å². The van der Waals surface area contributed by atoms with Crippen molar-refractivity contribution < 1.29 is 4.42 Å². The summed E-state index contributed by atoms with van der Waals surface area (Å²) in [6.07, 6.45) is 0. The van der Waals surface area contributed by atoms with Gasteiger partial charge in [0.05, 0.1) is 0 Å². The lowest BCUT2D eigenvalue weighted by Crippen LogP contribution is -2.14. The molecule has 0 N–H and O–H groups in total. The van der Waals surface area contributed by atoms with E-state index in [1.807, 2.05) is 36.4 Å². The lowest BCUT2D eigenvalue weighted by molar-refractivity contribution is 0.660. The Balaban J connectivity index is 1.16. The average molecular weight is 642 g/mol. The van der Waals surface area contributed by atoms with Gasteiger partial charge in [0.25, 0.3) is 0 Å². The zero-order valence-corrected chi connectivity index (χ0v) is 27.7. The van der Waals surface area contributed by atoms with Crippen molar-refractivity contribution in [2.45, 2.75) is 19.3 Å². The van der Waals surface area contributed by atoms with Crippen molar-refractivity contribution in [1.82, 2.24) is 15.0 Å². The van der Waals surface area contributed by atoms with E-state index in [9.17, 15) is 0 Å². The van der Waals surface area contributed by atoms with Gasteiger partial charge in [0, 0.05) is 32.9 Å². The summed E-state index contributed by atoms with van der Waals surface area (Å²) in [5.74, 6) is 1.90. The molecule has 1 aliphatic carbocycles. The third-order valence-electron chi connectivity index (χ3n) is 10.3. The molecule has 9 aromatic rings. The van der Waals surface area contributed by atoms with Gasteiger partial charge in [0.1, 0.15) is 11.2 Å². The maximum absolute atomic E-state index is 6.55. The van der Waals surface area contributed by atoms with Gasteiger partial charge in [-0.25, -0.2) is 15.0 Å².